The second-order valence-corrected chi connectivity index (χ2v) is 5.15. The molecule has 102 valence electrons. The van der Waals surface area contributed by atoms with E-state index in [1.165, 1.54) is 0 Å². The Morgan fingerprint density at radius 1 is 1.33 bits per heavy atom. The largest absolute Gasteiger partial charge is 0.464 e. The summed E-state index contributed by atoms with van der Waals surface area (Å²) in [5, 5.41) is 3.57. The van der Waals surface area contributed by atoms with Crippen LogP contribution in [0, 0.1) is 0 Å². The summed E-state index contributed by atoms with van der Waals surface area (Å²) in [5.74, 6) is 2.08. The second kappa shape index (κ2) is 6.39. The van der Waals surface area contributed by atoms with Gasteiger partial charge in [0, 0.05) is 6.42 Å². The lowest BCUT2D eigenvalue weighted by molar-refractivity contribution is 0.0265. The molecular formula is C15H25NO2. The molecule has 18 heavy (non-hydrogen) atoms. The van der Waals surface area contributed by atoms with Crippen molar-refractivity contribution in [1.82, 2.24) is 5.32 Å². The number of hydrogen-bond donors (Lipinski definition) is 1. The molecule has 1 aliphatic heterocycles. The highest BCUT2D eigenvalue weighted by molar-refractivity contribution is 5.13. The zero-order chi connectivity index (χ0) is 13.0. The van der Waals surface area contributed by atoms with E-state index in [-0.39, 0.29) is 12.1 Å². The number of rotatable bonds is 6. The molecule has 3 nitrogen and oxygen atoms in total. The van der Waals surface area contributed by atoms with Crippen LogP contribution in [-0.2, 0) is 11.2 Å². The quantitative estimate of drug-likeness (QED) is 0.841. The first-order valence-electron chi connectivity index (χ1n) is 7.22. The van der Waals surface area contributed by atoms with E-state index in [1.807, 2.05) is 0 Å². The minimum Gasteiger partial charge on any atom is -0.464 e. The zero-order valence-corrected chi connectivity index (χ0v) is 11.7. The van der Waals surface area contributed by atoms with Gasteiger partial charge in [0.2, 0.25) is 0 Å². The molecule has 2 rings (SSSR count). The lowest BCUT2D eigenvalue weighted by atomic mass is 10.0. The summed E-state index contributed by atoms with van der Waals surface area (Å²) in [4.78, 5) is 0. The average molecular weight is 251 g/mol. The van der Waals surface area contributed by atoms with Crippen molar-refractivity contribution in [1.29, 1.82) is 0 Å². The van der Waals surface area contributed by atoms with Crippen LogP contribution < -0.4 is 5.32 Å². The highest BCUT2D eigenvalue weighted by Crippen LogP contribution is 2.31. The predicted octanol–water partition coefficient (Wildman–Crippen LogP) is 3.45. The van der Waals surface area contributed by atoms with Crippen molar-refractivity contribution >= 4 is 0 Å². The molecular weight excluding hydrogens is 226 g/mol. The number of furan rings is 1. The Labute approximate surface area is 110 Å². The van der Waals surface area contributed by atoms with E-state index in [0.29, 0.717) is 6.10 Å². The molecule has 3 unspecified atom stereocenters. The molecule has 0 aliphatic carbocycles. The SMILES string of the molecule is CCCNC(c1ccc(CC)o1)C1CCC(C)O1. The highest BCUT2D eigenvalue weighted by Gasteiger charge is 2.32. The predicted molar refractivity (Wildman–Crippen MR) is 72.7 cm³/mol. The van der Waals surface area contributed by atoms with Crippen LogP contribution in [0.15, 0.2) is 16.5 Å². The van der Waals surface area contributed by atoms with Crippen LogP contribution in [0.25, 0.3) is 0 Å². The van der Waals surface area contributed by atoms with Gasteiger partial charge in [0.1, 0.15) is 11.5 Å². The summed E-state index contributed by atoms with van der Waals surface area (Å²) < 4.78 is 11.9. The fourth-order valence-electron chi connectivity index (χ4n) is 2.55. The number of nitrogens with one attached hydrogen (secondary N) is 1. The van der Waals surface area contributed by atoms with Gasteiger partial charge in [-0.15, -0.1) is 0 Å². The molecule has 2 heterocycles. The molecule has 1 aromatic rings. The van der Waals surface area contributed by atoms with Gasteiger partial charge < -0.3 is 14.5 Å². The first-order chi connectivity index (χ1) is 8.74. The van der Waals surface area contributed by atoms with Gasteiger partial charge in [0.05, 0.1) is 18.2 Å². The highest BCUT2D eigenvalue weighted by atomic mass is 16.5. The monoisotopic (exact) mass is 251 g/mol. The van der Waals surface area contributed by atoms with Crippen LogP contribution in [0.4, 0.5) is 0 Å². The van der Waals surface area contributed by atoms with Crippen molar-refractivity contribution in [2.24, 2.45) is 0 Å². The van der Waals surface area contributed by atoms with Crippen molar-refractivity contribution in [3.63, 3.8) is 0 Å². The first-order valence-corrected chi connectivity index (χ1v) is 7.22. The van der Waals surface area contributed by atoms with Gasteiger partial charge in [-0.1, -0.05) is 13.8 Å². The van der Waals surface area contributed by atoms with Crippen molar-refractivity contribution in [3.05, 3.63) is 23.7 Å². The summed E-state index contributed by atoms with van der Waals surface area (Å²) in [7, 11) is 0. The van der Waals surface area contributed by atoms with Crippen LogP contribution in [0.1, 0.15) is 57.6 Å². The second-order valence-electron chi connectivity index (χ2n) is 5.15. The average Bonchev–Trinajstić information content (AvgIpc) is 2.99. The van der Waals surface area contributed by atoms with Crippen LogP contribution >= 0.6 is 0 Å². The molecule has 0 bridgehead atoms. The first kappa shape index (κ1) is 13.6. The number of hydrogen-bond acceptors (Lipinski definition) is 3. The smallest absolute Gasteiger partial charge is 0.123 e. The third-order valence-corrected chi connectivity index (χ3v) is 3.59. The van der Waals surface area contributed by atoms with Crippen LogP contribution in [0.5, 0.6) is 0 Å². The Kier molecular flexibility index (Phi) is 4.84. The third-order valence-electron chi connectivity index (χ3n) is 3.59. The van der Waals surface area contributed by atoms with Crippen molar-refractivity contribution in [2.45, 2.75) is 64.7 Å². The molecule has 0 saturated carbocycles. The van der Waals surface area contributed by atoms with Crippen LogP contribution in [-0.4, -0.2) is 18.8 Å². The van der Waals surface area contributed by atoms with Gasteiger partial charge in [-0.2, -0.15) is 0 Å². The standard InChI is InChI=1S/C15H25NO2/c1-4-10-16-15(13-8-6-11(3)17-13)14-9-7-12(5-2)18-14/h7,9,11,13,15-16H,4-6,8,10H2,1-3H3. The van der Waals surface area contributed by atoms with E-state index in [2.05, 4.69) is 38.2 Å². The van der Waals surface area contributed by atoms with Gasteiger partial charge in [-0.25, -0.2) is 0 Å². The molecule has 0 radical (unpaired) electrons. The summed E-state index contributed by atoms with van der Waals surface area (Å²) in [6.07, 6.45) is 4.97. The Bertz CT molecular complexity index is 361. The Morgan fingerprint density at radius 3 is 2.72 bits per heavy atom. The summed E-state index contributed by atoms with van der Waals surface area (Å²) >= 11 is 0. The minimum atomic E-state index is 0.204. The lowest BCUT2D eigenvalue weighted by Gasteiger charge is -2.23. The normalized spacial score (nSPS) is 25.5. The van der Waals surface area contributed by atoms with Crippen LogP contribution in [0.2, 0.25) is 0 Å². The summed E-state index contributed by atoms with van der Waals surface area (Å²) in [6.45, 7) is 7.45. The van der Waals surface area contributed by atoms with E-state index in [1.54, 1.807) is 0 Å². The van der Waals surface area contributed by atoms with E-state index in [9.17, 15) is 0 Å². The minimum absolute atomic E-state index is 0.204. The number of ether oxygens (including phenoxy) is 1. The van der Waals surface area contributed by atoms with Crippen molar-refractivity contribution in [3.8, 4) is 0 Å². The van der Waals surface area contributed by atoms with Gasteiger partial charge >= 0.3 is 0 Å². The van der Waals surface area contributed by atoms with E-state index >= 15 is 0 Å². The summed E-state index contributed by atoms with van der Waals surface area (Å²) in [6, 6.07) is 4.38. The van der Waals surface area contributed by atoms with Gasteiger partial charge in [-0.3, -0.25) is 0 Å². The molecule has 3 atom stereocenters. The molecule has 0 aromatic carbocycles. The van der Waals surface area contributed by atoms with Crippen LogP contribution in [0.3, 0.4) is 0 Å². The molecule has 1 fully saturated rings. The van der Waals surface area contributed by atoms with E-state index in [0.717, 1.165) is 43.7 Å². The molecule has 3 heteroatoms. The zero-order valence-electron chi connectivity index (χ0n) is 11.7. The van der Waals surface area contributed by atoms with Gasteiger partial charge in [0.25, 0.3) is 0 Å². The molecule has 0 spiro atoms. The van der Waals surface area contributed by atoms with E-state index in [4.69, 9.17) is 9.15 Å². The molecule has 0 amide bonds. The fraction of sp³-hybridized carbons (Fsp3) is 0.733. The Balaban J connectivity index is 2.08. The lowest BCUT2D eigenvalue weighted by Crippen LogP contribution is -2.32. The maximum absolute atomic E-state index is 6.00. The molecule has 1 saturated heterocycles. The Morgan fingerprint density at radius 2 is 2.17 bits per heavy atom. The maximum Gasteiger partial charge on any atom is 0.123 e. The summed E-state index contributed by atoms with van der Waals surface area (Å²) in [5.41, 5.74) is 0. The number of aryl methyl sites for hydroxylation is 1. The Hall–Kier alpha value is -0.800. The van der Waals surface area contributed by atoms with Gasteiger partial charge in [0.15, 0.2) is 0 Å². The van der Waals surface area contributed by atoms with Crippen molar-refractivity contribution < 1.29 is 9.15 Å². The van der Waals surface area contributed by atoms with Gasteiger partial charge in [-0.05, 0) is 44.9 Å². The third kappa shape index (κ3) is 3.15. The molecule has 1 N–H and O–H groups in total. The van der Waals surface area contributed by atoms with E-state index < -0.39 is 0 Å². The fourth-order valence-corrected chi connectivity index (χ4v) is 2.55. The topological polar surface area (TPSA) is 34.4 Å². The molecule has 1 aromatic heterocycles. The molecule has 1 aliphatic rings. The van der Waals surface area contributed by atoms with Crippen molar-refractivity contribution in [2.75, 3.05) is 6.54 Å². The maximum atomic E-state index is 6.00.